The fourth-order valence-corrected chi connectivity index (χ4v) is 0.653. The lowest BCUT2D eigenvalue weighted by molar-refractivity contribution is -0.132. The van der Waals surface area contributed by atoms with Crippen molar-refractivity contribution in [3.05, 3.63) is 11.6 Å². The summed E-state index contributed by atoms with van der Waals surface area (Å²) < 4.78 is 0. The van der Waals surface area contributed by atoms with E-state index in [4.69, 9.17) is 5.11 Å². The number of hydrogen-bond donors (Lipinski definition) is 1. The van der Waals surface area contributed by atoms with E-state index in [2.05, 4.69) is 4.99 Å². The van der Waals surface area contributed by atoms with Gasteiger partial charge in [0.05, 0.1) is 5.57 Å². The summed E-state index contributed by atoms with van der Waals surface area (Å²) in [7, 11) is 0. The van der Waals surface area contributed by atoms with Gasteiger partial charge in [0.1, 0.15) is 0 Å². The zero-order valence-corrected chi connectivity index (χ0v) is 4.87. The highest BCUT2D eigenvalue weighted by atomic mass is 16.4. The number of nitrogens with zero attached hydrogens (tertiary/aromatic N) is 1. The van der Waals surface area contributed by atoms with E-state index in [-0.39, 0.29) is 0 Å². The molecule has 0 aromatic rings. The van der Waals surface area contributed by atoms with Crippen LogP contribution in [0.15, 0.2) is 16.6 Å². The van der Waals surface area contributed by atoms with E-state index < -0.39 is 5.97 Å². The molecule has 9 heavy (non-hydrogen) atoms. The number of aliphatic imine (C=N–C) groups is 1. The van der Waals surface area contributed by atoms with E-state index in [0.29, 0.717) is 5.57 Å². The molecule has 3 nitrogen and oxygen atoms in total. The average molecular weight is 125 g/mol. The number of aliphatic carboxylic acids is 1. The Morgan fingerprint density at radius 2 is 2.56 bits per heavy atom. The number of carbonyl (C=O) groups is 1. The molecule has 0 unspecified atom stereocenters. The minimum Gasteiger partial charge on any atom is -0.478 e. The monoisotopic (exact) mass is 125 g/mol. The first-order valence-electron chi connectivity index (χ1n) is 2.74. The normalized spacial score (nSPS) is 17.1. The second-order valence-corrected chi connectivity index (χ2v) is 1.79. The Morgan fingerprint density at radius 1 is 1.78 bits per heavy atom. The van der Waals surface area contributed by atoms with Crippen LogP contribution in [0.4, 0.5) is 0 Å². The van der Waals surface area contributed by atoms with E-state index in [9.17, 15) is 4.79 Å². The first-order valence-corrected chi connectivity index (χ1v) is 2.74. The van der Waals surface area contributed by atoms with Gasteiger partial charge < -0.3 is 5.11 Å². The van der Waals surface area contributed by atoms with Crippen LogP contribution < -0.4 is 0 Å². The van der Waals surface area contributed by atoms with Gasteiger partial charge in [0.15, 0.2) is 0 Å². The van der Waals surface area contributed by atoms with Crippen LogP contribution >= 0.6 is 0 Å². The Morgan fingerprint density at radius 3 is 2.89 bits per heavy atom. The molecule has 0 aliphatic carbocycles. The summed E-state index contributed by atoms with van der Waals surface area (Å²) >= 11 is 0. The highest BCUT2D eigenvalue weighted by molar-refractivity contribution is 6.08. The second kappa shape index (κ2) is 2.44. The van der Waals surface area contributed by atoms with E-state index in [1.165, 1.54) is 6.21 Å². The van der Waals surface area contributed by atoms with E-state index in [0.717, 1.165) is 13.0 Å². The molecule has 0 aromatic carbocycles. The maximum Gasteiger partial charge on any atom is 0.336 e. The standard InChI is InChI=1S/C6H7NO2/c8-6(9)5-2-1-3-7-4-5/h2,4H,1,3H2,(H,8,9). The minimum atomic E-state index is -0.890. The van der Waals surface area contributed by atoms with Gasteiger partial charge in [-0.2, -0.15) is 0 Å². The molecule has 3 heteroatoms. The van der Waals surface area contributed by atoms with E-state index in [1.54, 1.807) is 6.08 Å². The predicted molar refractivity (Wildman–Crippen MR) is 33.7 cm³/mol. The van der Waals surface area contributed by atoms with Gasteiger partial charge in [-0.3, -0.25) is 4.99 Å². The van der Waals surface area contributed by atoms with Crippen molar-refractivity contribution in [3.63, 3.8) is 0 Å². The highest BCUT2D eigenvalue weighted by Gasteiger charge is 2.04. The van der Waals surface area contributed by atoms with Crippen molar-refractivity contribution < 1.29 is 9.90 Å². The fourth-order valence-electron chi connectivity index (χ4n) is 0.653. The Kier molecular flexibility index (Phi) is 1.63. The first kappa shape index (κ1) is 6.01. The second-order valence-electron chi connectivity index (χ2n) is 1.79. The fraction of sp³-hybridized carbons (Fsp3) is 0.333. The zero-order valence-electron chi connectivity index (χ0n) is 4.87. The van der Waals surface area contributed by atoms with Crippen molar-refractivity contribution in [2.24, 2.45) is 4.99 Å². The predicted octanol–water partition coefficient (Wildman–Crippen LogP) is 0.472. The molecule has 0 amide bonds. The van der Waals surface area contributed by atoms with Crippen LogP contribution in [-0.4, -0.2) is 23.8 Å². The molecule has 0 saturated carbocycles. The summed E-state index contributed by atoms with van der Waals surface area (Å²) in [5, 5.41) is 8.38. The third-order valence-electron chi connectivity index (χ3n) is 1.10. The molecular formula is C6H7NO2. The lowest BCUT2D eigenvalue weighted by atomic mass is 10.2. The SMILES string of the molecule is O=C(O)C1=CCCN=C1. The highest BCUT2D eigenvalue weighted by Crippen LogP contribution is 1.99. The molecule has 0 radical (unpaired) electrons. The van der Waals surface area contributed by atoms with Gasteiger partial charge in [0, 0.05) is 12.8 Å². The Hall–Kier alpha value is -1.12. The van der Waals surface area contributed by atoms with Crippen LogP contribution in [-0.2, 0) is 4.79 Å². The number of rotatable bonds is 1. The van der Waals surface area contributed by atoms with Gasteiger partial charge in [-0.25, -0.2) is 4.79 Å². The summed E-state index contributed by atoms with van der Waals surface area (Å²) in [6.45, 7) is 0.719. The van der Waals surface area contributed by atoms with Crippen molar-refractivity contribution >= 4 is 12.2 Å². The molecule has 0 aromatic heterocycles. The van der Waals surface area contributed by atoms with Gasteiger partial charge in [-0.15, -0.1) is 0 Å². The molecule has 0 spiro atoms. The summed E-state index contributed by atoms with van der Waals surface area (Å²) in [4.78, 5) is 14.0. The van der Waals surface area contributed by atoms with Crippen molar-refractivity contribution in [2.45, 2.75) is 6.42 Å². The maximum atomic E-state index is 10.2. The zero-order chi connectivity index (χ0) is 6.69. The van der Waals surface area contributed by atoms with Crippen LogP contribution in [0.3, 0.4) is 0 Å². The molecule has 1 rings (SSSR count). The number of carboxylic acid groups (broad SMARTS) is 1. The van der Waals surface area contributed by atoms with Crippen LogP contribution in [0, 0.1) is 0 Å². The van der Waals surface area contributed by atoms with Gasteiger partial charge >= 0.3 is 5.97 Å². The van der Waals surface area contributed by atoms with E-state index >= 15 is 0 Å². The van der Waals surface area contributed by atoms with Gasteiger partial charge in [-0.1, -0.05) is 6.08 Å². The topological polar surface area (TPSA) is 49.7 Å². The Bertz CT molecular complexity index is 181. The lowest BCUT2D eigenvalue weighted by Gasteiger charge is -1.98. The Labute approximate surface area is 52.7 Å². The van der Waals surface area contributed by atoms with Gasteiger partial charge in [0.25, 0.3) is 0 Å². The van der Waals surface area contributed by atoms with Crippen molar-refractivity contribution in [1.29, 1.82) is 0 Å². The molecule has 1 heterocycles. The molecule has 1 aliphatic heterocycles. The van der Waals surface area contributed by atoms with Crippen molar-refractivity contribution in [2.75, 3.05) is 6.54 Å². The van der Waals surface area contributed by atoms with Crippen molar-refractivity contribution in [3.8, 4) is 0 Å². The summed E-state index contributed by atoms with van der Waals surface area (Å²) in [5.74, 6) is -0.890. The molecule has 1 N–H and O–H groups in total. The van der Waals surface area contributed by atoms with Crippen LogP contribution in [0.2, 0.25) is 0 Å². The smallest absolute Gasteiger partial charge is 0.336 e. The number of dihydropyridines is 1. The molecule has 1 aliphatic rings. The first-order chi connectivity index (χ1) is 4.30. The summed E-state index contributed by atoms with van der Waals surface area (Å²) in [6.07, 6.45) is 3.82. The number of carboxylic acids is 1. The molecular weight excluding hydrogens is 118 g/mol. The van der Waals surface area contributed by atoms with E-state index in [1.807, 2.05) is 0 Å². The molecule has 0 saturated heterocycles. The summed E-state index contributed by atoms with van der Waals surface area (Å²) in [5.41, 5.74) is 0.307. The average Bonchev–Trinajstić information content (AvgIpc) is 1.90. The van der Waals surface area contributed by atoms with Crippen LogP contribution in [0.1, 0.15) is 6.42 Å². The molecule has 48 valence electrons. The minimum absolute atomic E-state index is 0.307. The van der Waals surface area contributed by atoms with Gasteiger partial charge in [0.2, 0.25) is 0 Å². The molecule has 0 bridgehead atoms. The van der Waals surface area contributed by atoms with Gasteiger partial charge in [-0.05, 0) is 6.42 Å². The Balaban J connectivity index is 2.69. The quantitative estimate of drug-likeness (QED) is 0.553. The largest absolute Gasteiger partial charge is 0.478 e. The maximum absolute atomic E-state index is 10.2. The lowest BCUT2D eigenvalue weighted by Crippen LogP contribution is -2.05. The van der Waals surface area contributed by atoms with Crippen LogP contribution in [0.5, 0.6) is 0 Å². The summed E-state index contributed by atoms with van der Waals surface area (Å²) in [6, 6.07) is 0. The van der Waals surface area contributed by atoms with Crippen LogP contribution in [0.25, 0.3) is 0 Å². The number of hydrogen-bond acceptors (Lipinski definition) is 2. The molecule has 0 fully saturated rings. The third-order valence-corrected chi connectivity index (χ3v) is 1.10. The van der Waals surface area contributed by atoms with Crippen molar-refractivity contribution in [1.82, 2.24) is 0 Å². The third kappa shape index (κ3) is 1.38. The molecule has 0 atom stereocenters.